The molecule has 2 rings (SSSR count). The number of aromatic nitrogens is 2. The smallest absolute Gasteiger partial charge is 0.271 e. The second-order valence-corrected chi connectivity index (χ2v) is 4.07. The van der Waals surface area contributed by atoms with Crippen LogP contribution in [0.1, 0.15) is 27.9 Å². The van der Waals surface area contributed by atoms with Gasteiger partial charge in [-0.05, 0) is 24.5 Å². The van der Waals surface area contributed by atoms with Gasteiger partial charge in [0.15, 0.2) is 11.5 Å². The summed E-state index contributed by atoms with van der Waals surface area (Å²) in [5, 5.41) is 11.7. The van der Waals surface area contributed by atoms with Gasteiger partial charge in [0, 0.05) is 17.0 Å². The summed E-state index contributed by atoms with van der Waals surface area (Å²) in [5.41, 5.74) is -0.126. The molecule has 2 atom stereocenters. The lowest BCUT2D eigenvalue weighted by Crippen LogP contribution is -2.20. The van der Waals surface area contributed by atoms with E-state index in [0.717, 1.165) is 6.42 Å². The molecule has 1 saturated carbocycles. The van der Waals surface area contributed by atoms with Crippen LogP contribution in [0.15, 0.2) is 12.1 Å². The van der Waals surface area contributed by atoms with Crippen molar-refractivity contribution in [3.63, 3.8) is 0 Å². The molecule has 2 amide bonds. The first-order chi connectivity index (χ1) is 9.26. The van der Waals surface area contributed by atoms with E-state index in [4.69, 9.17) is 4.11 Å². The van der Waals surface area contributed by atoms with Gasteiger partial charge in [-0.1, -0.05) is 6.92 Å². The maximum Gasteiger partial charge on any atom is 0.271 e. The molecule has 6 nitrogen and oxygen atoms in total. The van der Waals surface area contributed by atoms with Crippen LogP contribution in [0.5, 0.6) is 0 Å². The maximum absolute atomic E-state index is 11.7. The van der Waals surface area contributed by atoms with Gasteiger partial charge in [0.1, 0.15) is 0 Å². The summed E-state index contributed by atoms with van der Waals surface area (Å²) >= 11 is 0. The predicted molar refractivity (Wildman–Crippen MR) is 61.3 cm³/mol. The van der Waals surface area contributed by atoms with Crippen molar-refractivity contribution in [3.8, 4) is 0 Å². The molecule has 1 aliphatic rings. The van der Waals surface area contributed by atoms with Crippen LogP contribution in [0.25, 0.3) is 0 Å². The third-order valence-electron chi connectivity index (χ3n) is 2.71. The number of anilines is 1. The Morgan fingerprint density at radius 1 is 1.47 bits per heavy atom. The SMILES string of the molecule is [2H]C([2H])([2H])NC(=O)c1ccc(NC(=O)[C@@H]2C[C@H]2C)nn1. The molecule has 0 bridgehead atoms. The lowest BCUT2D eigenvalue weighted by atomic mass is 10.3. The third-order valence-corrected chi connectivity index (χ3v) is 2.71. The van der Waals surface area contributed by atoms with Crippen molar-refractivity contribution >= 4 is 17.6 Å². The zero-order chi connectivity index (χ0) is 14.9. The van der Waals surface area contributed by atoms with E-state index in [1.807, 2.05) is 6.92 Å². The number of hydrogen-bond acceptors (Lipinski definition) is 4. The fourth-order valence-corrected chi connectivity index (χ4v) is 1.49. The van der Waals surface area contributed by atoms with E-state index in [9.17, 15) is 9.59 Å². The van der Waals surface area contributed by atoms with Gasteiger partial charge in [-0.2, -0.15) is 0 Å². The minimum absolute atomic E-state index is 0.00957. The van der Waals surface area contributed by atoms with Crippen molar-refractivity contribution in [2.24, 2.45) is 11.8 Å². The standard InChI is InChI=1S/C11H14N4O2/c1-6-5-7(6)10(16)13-9-4-3-8(14-15-9)11(17)12-2/h3-4,6-7H,5H2,1-2H3,(H,12,17)(H,13,15,16)/t6-,7-/m1/s1/i2D3. The summed E-state index contributed by atoms with van der Waals surface area (Å²) in [5.74, 6) is -0.333. The van der Waals surface area contributed by atoms with Gasteiger partial charge in [0.05, 0.1) is 0 Å². The van der Waals surface area contributed by atoms with Crippen molar-refractivity contribution < 1.29 is 13.7 Å². The second-order valence-electron chi connectivity index (χ2n) is 4.07. The highest BCUT2D eigenvalue weighted by Gasteiger charge is 2.39. The molecule has 1 aromatic rings. The van der Waals surface area contributed by atoms with Crippen LogP contribution in [0.2, 0.25) is 0 Å². The Morgan fingerprint density at radius 3 is 2.76 bits per heavy atom. The summed E-state index contributed by atoms with van der Waals surface area (Å²) in [6, 6.07) is 2.71. The van der Waals surface area contributed by atoms with Gasteiger partial charge in [0.2, 0.25) is 5.91 Å². The highest BCUT2D eigenvalue weighted by Crippen LogP contribution is 2.38. The highest BCUT2D eigenvalue weighted by molar-refractivity contribution is 5.94. The average molecular weight is 237 g/mol. The molecule has 0 unspecified atom stereocenters. The van der Waals surface area contributed by atoms with Gasteiger partial charge in [-0.3, -0.25) is 9.59 Å². The van der Waals surface area contributed by atoms with Crippen molar-refractivity contribution in [1.29, 1.82) is 0 Å². The van der Waals surface area contributed by atoms with E-state index in [2.05, 4.69) is 15.5 Å². The average Bonchev–Trinajstić information content (AvgIpc) is 3.05. The molecule has 2 N–H and O–H groups in total. The molecule has 6 heteroatoms. The summed E-state index contributed by atoms with van der Waals surface area (Å²) in [6.07, 6.45) is 0.859. The van der Waals surface area contributed by atoms with Crippen LogP contribution in [0.4, 0.5) is 5.82 Å². The van der Waals surface area contributed by atoms with Gasteiger partial charge in [0.25, 0.3) is 5.91 Å². The Hall–Kier alpha value is -1.98. The fraction of sp³-hybridized carbons (Fsp3) is 0.455. The van der Waals surface area contributed by atoms with Crippen LogP contribution in [-0.4, -0.2) is 29.0 Å². The van der Waals surface area contributed by atoms with Gasteiger partial charge < -0.3 is 10.6 Å². The van der Waals surface area contributed by atoms with E-state index < -0.39 is 12.9 Å². The second kappa shape index (κ2) is 4.48. The Kier molecular flexibility index (Phi) is 2.15. The first-order valence-electron chi connectivity index (χ1n) is 6.73. The minimum Gasteiger partial charge on any atom is -0.354 e. The number of nitrogens with one attached hydrogen (secondary N) is 2. The minimum atomic E-state index is -2.58. The van der Waals surface area contributed by atoms with Crippen LogP contribution in [0.3, 0.4) is 0 Å². The molecule has 0 aliphatic heterocycles. The van der Waals surface area contributed by atoms with Crippen LogP contribution < -0.4 is 10.6 Å². The lowest BCUT2D eigenvalue weighted by Gasteiger charge is -2.03. The third kappa shape index (κ3) is 2.58. The normalized spacial score (nSPS) is 25.1. The summed E-state index contributed by atoms with van der Waals surface area (Å²) in [7, 11) is 0. The van der Waals surface area contributed by atoms with E-state index >= 15 is 0 Å². The molecular formula is C11H14N4O2. The molecule has 1 aromatic heterocycles. The van der Waals surface area contributed by atoms with Gasteiger partial charge in [-0.15, -0.1) is 10.2 Å². The van der Waals surface area contributed by atoms with E-state index in [-0.39, 0.29) is 23.3 Å². The number of rotatable bonds is 3. The van der Waals surface area contributed by atoms with Crippen molar-refractivity contribution in [2.75, 3.05) is 12.3 Å². The van der Waals surface area contributed by atoms with E-state index in [0.29, 0.717) is 5.92 Å². The molecule has 1 fully saturated rings. The number of carbonyl (C=O) groups excluding carboxylic acids is 2. The van der Waals surface area contributed by atoms with Crippen LogP contribution in [0, 0.1) is 11.8 Å². The molecule has 0 spiro atoms. The lowest BCUT2D eigenvalue weighted by molar-refractivity contribution is -0.117. The summed E-state index contributed by atoms with van der Waals surface area (Å²) in [6.45, 7) is -0.591. The predicted octanol–water partition coefficient (Wildman–Crippen LogP) is 0.431. The Bertz CT molecular complexity index is 529. The van der Waals surface area contributed by atoms with Gasteiger partial charge >= 0.3 is 0 Å². The summed E-state index contributed by atoms with van der Waals surface area (Å²) < 4.78 is 20.7. The molecular weight excluding hydrogens is 220 g/mol. The molecule has 0 radical (unpaired) electrons. The monoisotopic (exact) mass is 237 g/mol. The maximum atomic E-state index is 11.7. The molecule has 0 aromatic carbocycles. The number of nitrogens with zero attached hydrogens (tertiary/aromatic N) is 2. The fourth-order valence-electron chi connectivity index (χ4n) is 1.49. The largest absolute Gasteiger partial charge is 0.354 e. The number of hydrogen-bond donors (Lipinski definition) is 2. The van der Waals surface area contributed by atoms with Crippen LogP contribution in [-0.2, 0) is 4.79 Å². The van der Waals surface area contributed by atoms with Crippen LogP contribution >= 0.6 is 0 Å². The van der Waals surface area contributed by atoms with E-state index in [1.165, 1.54) is 12.1 Å². The van der Waals surface area contributed by atoms with Crippen molar-refractivity contribution in [2.45, 2.75) is 13.3 Å². The molecule has 17 heavy (non-hydrogen) atoms. The van der Waals surface area contributed by atoms with Crippen molar-refractivity contribution in [3.05, 3.63) is 17.8 Å². The topological polar surface area (TPSA) is 84.0 Å². The zero-order valence-corrected chi connectivity index (χ0v) is 9.23. The van der Waals surface area contributed by atoms with Crippen molar-refractivity contribution in [1.82, 2.24) is 15.5 Å². The Morgan fingerprint density at radius 2 is 2.24 bits per heavy atom. The number of carbonyl (C=O) groups is 2. The summed E-state index contributed by atoms with van der Waals surface area (Å²) in [4.78, 5) is 23.2. The molecule has 90 valence electrons. The molecule has 1 aliphatic carbocycles. The first-order valence-corrected chi connectivity index (χ1v) is 5.23. The Labute approximate surface area is 103 Å². The zero-order valence-electron chi connectivity index (χ0n) is 12.2. The quantitative estimate of drug-likeness (QED) is 0.798. The number of amides is 2. The van der Waals surface area contributed by atoms with E-state index in [1.54, 1.807) is 5.32 Å². The molecule has 1 heterocycles. The molecule has 0 saturated heterocycles. The highest BCUT2D eigenvalue weighted by atomic mass is 16.2. The van der Waals surface area contributed by atoms with Gasteiger partial charge in [-0.25, -0.2) is 0 Å². The Balaban J connectivity index is 1.96. The first kappa shape index (κ1) is 8.16.